The predicted octanol–water partition coefficient (Wildman–Crippen LogP) is 2.72. The number of hydrogen-bond donors (Lipinski definition) is 2. The second-order valence-electron chi connectivity index (χ2n) is 3.65. The Bertz CT molecular complexity index is 615. The van der Waals surface area contributed by atoms with Crippen LogP contribution in [0.5, 0.6) is 11.6 Å². The van der Waals surface area contributed by atoms with Gasteiger partial charge in [0.1, 0.15) is 10.8 Å². The summed E-state index contributed by atoms with van der Waals surface area (Å²) in [6.07, 6.45) is 1.30. The highest BCUT2D eigenvalue weighted by Gasteiger charge is 2.15. The molecule has 0 aliphatic heterocycles. The molecule has 0 aliphatic carbocycles. The number of aromatic carboxylic acids is 1. The Balaban J connectivity index is 2.39. The topological polar surface area (TPSA) is 79.7 Å². The van der Waals surface area contributed by atoms with Gasteiger partial charge in [-0.05, 0) is 12.1 Å². The van der Waals surface area contributed by atoms with Crippen LogP contribution in [0.2, 0.25) is 5.02 Å². The van der Waals surface area contributed by atoms with Crippen LogP contribution in [0.1, 0.15) is 15.9 Å². The van der Waals surface area contributed by atoms with E-state index < -0.39 is 5.97 Å². The van der Waals surface area contributed by atoms with Gasteiger partial charge in [-0.25, -0.2) is 9.78 Å². The van der Waals surface area contributed by atoms with Gasteiger partial charge in [0.05, 0.1) is 12.2 Å². The average molecular weight is 280 g/mol. The van der Waals surface area contributed by atoms with E-state index in [0.717, 1.165) is 0 Å². The van der Waals surface area contributed by atoms with Crippen LogP contribution in [0.3, 0.4) is 0 Å². The fraction of sp³-hybridized carbons (Fsp3) is 0.0769. The fourth-order valence-electron chi connectivity index (χ4n) is 1.50. The van der Waals surface area contributed by atoms with Crippen molar-refractivity contribution in [3.63, 3.8) is 0 Å². The smallest absolute Gasteiger partial charge is 0.337 e. The molecule has 0 unspecified atom stereocenters. The first-order chi connectivity index (χ1) is 9.13. The largest absolute Gasteiger partial charge is 0.478 e. The number of carboxylic acid groups (broad SMARTS) is 1. The molecule has 0 saturated heterocycles. The maximum atomic E-state index is 10.9. The van der Waals surface area contributed by atoms with Gasteiger partial charge >= 0.3 is 5.97 Å². The second-order valence-corrected chi connectivity index (χ2v) is 4.03. The lowest BCUT2D eigenvalue weighted by Crippen LogP contribution is -2.01. The van der Waals surface area contributed by atoms with Gasteiger partial charge in [-0.15, -0.1) is 0 Å². The summed E-state index contributed by atoms with van der Waals surface area (Å²) in [5.74, 6) is -0.794. The summed E-state index contributed by atoms with van der Waals surface area (Å²) >= 11 is 5.92. The van der Waals surface area contributed by atoms with Crippen molar-refractivity contribution in [1.82, 2.24) is 4.98 Å². The van der Waals surface area contributed by atoms with Crippen LogP contribution in [-0.4, -0.2) is 21.2 Å². The molecule has 6 heteroatoms. The van der Waals surface area contributed by atoms with E-state index in [1.165, 1.54) is 12.3 Å². The number of aliphatic hydroxyl groups is 1. The zero-order valence-electron chi connectivity index (χ0n) is 9.71. The molecule has 0 bridgehead atoms. The van der Waals surface area contributed by atoms with Crippen LogP contribution in [0.4, 0.5) is 0 Å². The van der Waals surface area contributed by atoms with Gasteiger partial charge in [-0.1, -0.05) is 29.8 Å². The van der Waals surface area contributed by atoms with Gasteiger partial charge in [-0.2, -0.15) is 0 Å². The van der Waals surface area contributed by atoms with Crippen LogP contribution < -0.4 is 4.74 Å². The molecule has 0 spiro atoms. The number of aromatic nitrogens is 1. The Morgan fingerprint density at radius 2 is 2.05 bits per heavy atom. The summed E-state index contributed by atoms with van der Waals surface area (Å²) in [5.41, 5.74) is 0.467. The summed E-state index contributed by atoms with van der Waals surface area (Å²) in [7, 11) is 0. The monoisotopic (exact) mass is 279 g/mol. The number of rotatable bonds is 4. The Hall–Kier alpha value is -2.11. The van der Waals surface area contributed by atoms with Crippen LogP contribution in [-0.2, 0) is 6.61 Å². The van der Waals surface area contributed by atoms with Crippen molar-refractivity contribution in [2.75, 3.05) is 0 Å². The first-order valence-electron chi connectivity index (χ1n) is 5.38. The molecule has 2 rings (SSSR count). The van der Waals surface area contributed by atoms with E-state index in [2.05, 4.69) is 4.98 Å². The van der Waals surface area contributed by atoms with Crippen LogP contribution >= 0.6 is 11.6 Å². The minimum atomic E-state index is -1.16. The first kappa shape index (κ1) is 13.3. The van der Waals surface area contributed by atoms with Gasteiger partial charge in [0.2, 0.25) is 5.88 Å². The van der Waals surface area contributed by atoms with Crippen molar-refractivity contribution in [2.45, 2.75) is 6.61 Å². The number of pyridine rings is 1. The Morgan fingerprint density at radius 3 is 2.74 bits per heavy atom. The molecule has 0 saturated carbocycles. The number of aliphatic hydroxyl groups excluding tert-OH is 1. The van der Waals surface area contributed by atoms with Crippen molar-refractivity contribution in [3.05, 3.63) is 52.7 Å². The minimum absolute atomic E-state index is 0.0116. The highest BCUT2D eigenvalue weighted by Crippen LogP contribution is 2.31. The Labute approximate surface area is 114 Å². The molecule has 5 nitrogen and oxygen atoms in total. The summed E-state index contributed by atoms with van der Waals surface area (Å²) in [4.78, 5) is 14.8. The number of benzene rings is 1. The van der Waals surface area contributed by atoms with Crippen molar-refractivity contribution in [2.24, 2.45) is 0 Å². The summed E-state index contributed by atoms with van der Waals surface area (Å²) in [6.45, 7) is -0.202. The van der Waals surface area contributed by atoms with E-state index in [9.17, 15) is 9.90 Å². The van der Waals surface area contributed by atoms with Gasteiger partial charge in [0.15, 0.2) is 0 Å². The third kappa shape index (κ3) is 2.83. The molecule has 1 heterocycles. The summed E-state index contributed by atoms with van der Waals surface area (Å²) in [5, 5.41) is 18.0. The molecule has 1 aromatic carbocycles. The van der Waals surface area contributed by atoms with E-state index in [0.29, 0.717) is 11.3 Å². The van der Waals surface area contributed by atoms with Crippen molar-refractivity contribution >= 4 is 17.6 Å². The number of carboxylic acids is 1. The van der Waals surface area contributed by atoms with Crippen molar-refractivity contribution in [1.29, 1.82) is 0 Å². The second kappa shape index (κ2) is 5.69. The predicted molar refractivity (Wildman–Crippen MR) is 68.6 cm³/mol. The third-order valence-electron chi connectivity index (χ3n) is 2.44. The number of hydrogen-bond acceptors (Lipinski definition) is 4. The summed E-state index contributed by atoms with van der Waals surface area (Å²) < 4.78 is 5.46. The first-order valence-corrected chi connectivity index (χ1v) is 5.75. The molecule has 19 heavy (non-hydrogen) atoms. The number of para-hydroxylation sites is 1. The van der Waals surface area contributed by atoms with Crippen LogP contribution in [0.15, 0.2) is 36.5 Å². The number of nitrogens with zero attached hydrogens (tertiary/aromatic N) is 1. The quantitative estimate of drug-likeness (QED) is 0.899. The van der Waals surface area contributed by atoms with Gasteiger partial charge in [0.25, 0.3) is 0 Å². The molecule has 0 atom stereocenters. The number of ether oxygens (including phenoxy) is 1. The van der Waals surface area contributed by atoms with E-state index >= 15 is 0 Å². The Morgan fingerprint density at radius 1 is 1.32 bits per heavy atom. The molecule has 2 N–H and O–H groups in total. The fourth-order valence-corrected chi connectivity index (χ4v) is 1.73. The SMILES string of the molecule is O=C(O)c1ccnc(Oc2ccccc2CO)c1Cl. The molecular formula is C13H10ClNO4. The zero-order valence-corrected chi connectivity index (χ0v) is 10.5. The molecule has 0 aliphatic rings. The van der Waals surface area contributed by atoms with E-state index in [1.807, 2.05) is 0 Å². The van der Waals surface area contributed by atoms with E-state index in [4.69, 9.17) is 21.4 Å². The molecular weight excluding hydrogens is 270 g/mol. The standard InChI is InChI=1S/C13H10ClNO4/c14-11-9(13(17)18)5-6-15-12(11)19-10-4-2-1-3-8(10)7-16/h1-6,16H,7H2,(H,17,18). The Kier molecular flexibility index (Phi) is 3.99. The lowest BCUT2D eigenvalue weighted by molar-refractivity contribution is 0.0696. The van der Waals surface area contributed by atoms with Crippen LogP contribution in [0.25, 0.3) is 0 Å². The lowest BCUT2D eigenvalue weighted by Gasteiger charge is -2.10. The normalized spacial score (nSPS) is 10.2. The van der Waals surface area contributed by atoms with Gasteiger partial charge in [0, 0.05) is 11.8 Å². The third-order valence-corrected chi connectivity index (χ3v) is 2.80. The van der Waals surface area contributed by atoms with E-state index in [1.54, 1.807) is 24.3 Å². The number of carbonyl (C=O) groups is 1. The van der Waals surface area contributed by atoms with Crippen molar-refractivity contribution in [3.8, 4) is 11.6 Å². The molecule has 1 aromatic heterocycles. The summed E-state index contributed by atoms with van der Waals surface area (Å²) in [6, 6.07) is 8.08. The molecule has 2 aromatic rings. The van der Waals surface area contributed by atoms with Gasteiger partial charge in [-0.3, -0.25) is 0 Å². The number of halogens is 1. The lowest BCUT2D eigenvalue weighted by atomic mass is 10.2. The van der Waals surface area contributed by atoms with E-state index in [-0.39, 0.29) is 23.1 Å². The van der Waals surface area contributed by atoms with Crippen LogP contribution in [0, 0.1) is 0 Å². The zero-order chi connectivity index (χ0) is 13.8. The molecule has 0 fully saturated rings. The minimum Gasteiger partial charge on any atom is -0.478 e. The average Bonchev–Trinajstić information content (AvgIpc) is 2.41. The maximum absolute atomic E-state index is 10.9. The molecule has 98 valence electrons. The van der Waals surface area contributed by atoms with Crippen molar-refractivity contribution < 1.29 is 19.7 Å². The maximum Gasteiger partial charge on any atom is 0.337 e. The molecule has 0 radical (unpaired) electrons. The molecule has 0 amide bonds. The highest BCUT2D eigenvalue weighted by atomic mass is 35.5. The highest BCUT2D eigenvalue weighted by molar-refractivity contribution is 6.34. The van der Waals surface area contributed by atoms with Gasteiger partial charge < -0.3 is 14.9 Å².